The molecule has 0 radical (unpaired) electrons. The van der Waals surface area contributed by atoms with Crippen LogP contribution in [-0.4, -0.2) is 57.6 Å². The summed E-state index contributed by atoms with van der Waals surface area (Å²) in [6.07, 6.45) is 3.96. The fraction of sp³-hybridized carbons (Fsp3) is 0.929. The van der Waals surface area contributed by atoms with Crippen molar-refractivity contribution in [2.75, 3.05) is 25.9 Å². The standard InChI is InChI=1S/C14H25F2N3O3S/c1-23(21,22)12-4-2-3-11(7-12)19-13(20)18-8-10-5-6-17-9-14(10,15)16/h10-12,17H,2-9H2,1H3,(H2,18,19,20). The van der Waals surface area contributed by atoms with Crippen molar-refractivity contribution in [3.05, 3.63) is 0 Å². The zero-order valence-electron chi connectivity index (χ0n) is 13.3. The van der Waals surface area contributed by atoms with Crippen molar-refractivity contribution < 1.29 is 22.0 Å². The minimum absolute atomic E-state index is 0.0806. The van der Waals surface area contributed by atoms with E-state index in [-0.39, 0.29) is 19.1 Å². The van der Waals surface area contributed by atoms with Crippen LogP contribution in [0.1, 0.15) is 32.1 Å². The summed E-state index contributed by atoms with van der Waals surface area (Å²) >= 11 is 0. The first kappa shape index (κ1) is 18.4. The molecule has 1 saturated carbocycles. The minimum atomic E-state index is -3.12. The summed E-state index contributed by atoms with van der Waals surface area (Å²) in [5.74, 6) is -3.69. The summed E-state index contributed by atoms with van der Waals surface area (Å²) in [5, 5.41) is 7.42. The average Bonchev–Trinajstić information content (AvgIpc) is 2.45. The Labute approximate surface area is 135 Å². The van der Waals surface area contributed by atoms with Crippen molar-refractivity contribution in [3.8, 4) is 0 Å². The van der Waals surface area contributed by atoms with E-state index in [1.165, 1.54) is 6.26 Å². The van der Waals surface area contributed by atoms with Crippen LogP contribution >= 0.6 is 0 Å². The van der Waals surface area contributed by atoms with Gasteiger partial charge < -0.3 is 16.0 Å². The van der Waals surface area contributed by atoms with Crippen molar-refractivity contribution in [1.29, 1.82) is 0 Å². The number of hydrogen-bond acceptors (Lipinski definition) is 4. The van der Waals surface area contributed by atoms with Crippen molar-refractivity contribution in [2.45, 2.75) is 49.3 Å². The molecule has 1 aliphatic carbocycles. The maximum absolute atomic E-state index is 13.7. The van der Waals surface area contributed by atoms with Gasteiger partial charge in [-0.3, -0.25) is 0 Å². The molecule has 1 saturated heterocycles. The van der Waals surface area contributed by atoms with E-state index in [0.717, 1.165) is 6.42 Å². The summed E-state index contributed by atoms with van der Waals surface area (Å²) < 4.78 is 50.5. The Bertz CT molecular complexity index is 527. The number of sulfone groups is 1. The first-order chi connectivity index (χ1) is 10.7. The summed E-state index contributed by atoms with van der Waals surface area (Å²) in [6.45, 7) is 0.0740. The maximum Gasteiger partial charge on any atom is 0.315 e. The highest BCUT2D eigenvalue weighted by Gasteiger charge is 2.41. The quantitative estimate of drug-likeness (QED) is 0.700. The van der Waals surface area contributed by atoms with Gasteiger partial charge in [-0.1, -0.05) is 6.42 Å². The van der Waals surface area contributed by atoms with Crippen LogP contribution in [0.5, 0.6) is 0 Å². The van der Waals surface area contributed by atoms with Crippen LogP contribution in [0.2, 0.25) is 0 Å². The molecule has 2 amide bonds. The third-order valence-electron chi connectivity index (χ3n) is 4.70. The largest absolute Gasteiger partial charge is 0.338 e. The van der Waals surface area contributed by atoms with Crippen LogP contribution in [0.3, 0.4) is 0 Å². The molecule has 3 atom stereocenters. The number of halogens is 2. The SMILES string of the molecule is CS(=O)(=O)C1CCCC(NC(=O)NCC2CCNCC2(F)F)C1. The van der Waals surface area contributed by atoms with Gasteiger partial charge in [-0.05, 0) is 32.2 Å². The predicted molar refractivity (Wildman–Crippen MR) is 83.3 cm³/mol. The zero-order chi connectivity index (χ0) is 17.1. The number of piperidine rings is 1. The van der Waals surface area contributed by atoms with Crippen LogP contribution < -0.4 is 16.0 Å². The van der Waals surface area contributed by atoms with Crippen LogP contribution in [-0.2, 0) is 9.84 Å². The lowest BCUT2D eigenvalue weighted by Crippen LogP contribution is -2.52. The molecule has 0 spiro atoms. The Kier molecular flexibility index (Phi) is 5.83. The molecule has 0 aromatic rings. The Balaban J connectivity index is 1.78. The van der Waals surface area contributed by atoms with Crippen molar-refractivity contribution in [2.24, 2.45) is 5.92 Å². The van der Waals surface area contributed by atoms with Gasteiger partial charge in [0, 0.05) is 24.8 Å². The van der Waals surface area contributed by atoms with Crippen molar-refractivity contribution in [1.82, 2.24) is 16.0 Å². The van der Waals surface area contributed by atoms with Gasteiger partial charge in [0.25, 0.3) is 5.92 Å². The second-order valence-corrected chi connectivity index (χ2v) is 8.92. The monoisotopic (exact) mass is 353 g/mol. The molecule has 23 heavy (non-hydrogen) atoms. The number of alkyl halides is 2. The molecule has 2 rings (SSSR count). The molecular formula is C14H25F2N3O3S. The number of urea groups is 1. The Morgan fingerprint density at radius 3 is 2.70 bits per heavy atom. The van der Waals surface area contributed by atoms with E-state index in [9.17, 15) is 22.0 Å². The predicted octanol–water partition coefficient (Wildman–Crippen LogP) is 0.886. The molecule has 2 aliphatic rings. The first-order valence-corrected chi connectivity index (χ1v) is 9.95. The lowest BCUT2D eigenvalue weighted by Gasteiger charge is -2.32. The van der Waals surface area contributed by atoms with E-state index < -0.39 is 33.0 Å². The summed E-state index contributed by atoms with van der Waals surface area (Å²) in [4.78, 5) is 11.9. The highest BCUT2D eigenvalue weighted by atomic mass is 32.2. The van der Waals surface area contributed by atoms with E-state index in [0.29, 0.717) is 32.2 Å². The van der Waals surface area contributed by atoms with Crippen LogP contribution in [0.15, 0.2) is 0 Å². The molecule has 3 unspecified atom stereocenters. The molecule has 2 fully saturated rings. The van der Waals surface area contributed by atoms with Gasteiger partial charge >= 0.3 is 6.03 Å². The van der Waals surface area contributed by atoms with Crippen LogP contribution in [0, 0.1) is 5.92 Å². The Morgan fingerprint density at radius 2 is 2.04 bits per heavy atom. The fourth-order valence-electron chi connectivity index (χ4n) is 3.26. The second-order valence-electron chi connectivity index (χ2n) is 6.59. The zero-order valence-corrected chi connectivity index (χ0v) is 14.1. The highest BCUT2D eigenvalue weighted by molar-refractivity contribution is 7.91. The molecule has 0 aromatic carbocycles. The third-order valence-corrected chi connectivity index (χ3v) is 6.34. The molecule has 134 valence electrons. The molecule has 3 N–H and O–H groups in total. The van der Waals surface area contributed by atoms with E-state index >= 15 is 0 Å². The highest BCUT2D eigenvalue weighted by Crippen LogP contribution is 2.28. The van der Waals surface area contributed by atoms with Crippen LogP contribution in [0.25, 0.3) is 0 Å². The number of carbonyl (C=O) groups is 1. The number of rotatable bonds is 4. The smallest absolute Gasteiger partial charge is 0.315 e. The summed E-state index contributed by atoms with van der Waals surface area (Å²) in [5.41, 5.74) is 0. The van der Waals surface area contributed by atoms with Gasteiger partial charge in [-0.15, -0.1) is 0 Å². The molecule has 6 nitrogen and oxygen atoms in total. The number of carbonyl (C=O) groups excluding carboxylic acids is 1. The van der Waals surface area contributed by atoms with Crippen LogP contribution in [0.4, 0.5) is 13.6 Å². The number of nitrogens with one attached hydrogen (secondary N) is 3. The van der Waals surface area contributed by atoms with E-state index in [4.69, 9.17) is 0 Å². The van der Waals surface area contributed by atoms with Crippen molar-refractivity contribution in [3.63, 3.8) is 0 Å². The number of amides is 2. The molecule has 1 aliphatic heterocycles. The van der Waals surface area contributed by atoms with Gasteiger partial charge in [0.1, 0.15) is 9.84 Å². The second kappa shape index (κ2) is 7.29. The number of hydrogen-bond donors (Lipinski definition) is 3. The maximum atomic E-state index is 13.7. The van der Waals surface area contributed by atoms with Gasteiger partial charge in [0.05, 0.1) is 11.8 Å². The summed E-state index contributed by atoms with van der Waals surface area (Å²) in [6, 6.07) is -0.726. The molecule has 0 aromatic heterocycles. The van der Waals surface area contributed by atoms with E-state index in [1.54, 1.807) is 0 Å². The van der Waals surface area contributed by atoms with E-state index in [1.807, 2.05) is 0 Å². The van der Waals surface area contributed by atoms with Gasteiger partial charge in [-0.25, -0.2) is 22.0 Å². The molecule has 1 heterocycles. The van der Waals surface area contributed by atoms with E-state index in [2.05, 4.69) is 16.0 Å². The lowest BCUT2D eigenvalue weighted by molar-refractivity contribution is -0.0710. The molecule has 0 bridgehead atoms. The Morgan fingerprint density at radius 1 is 1.30 bits per heavy atom. The molecular weight excluding hydrogens is 328 g/mol. The first-order valence-electron chi connectivity index (χ1n) is 8.00. The normalized spacial score (nSPS) is 31.3. The summed E-state index contributed by atoms with van der Waals surface area (Å²) in [7, 11) is -3.12. The van der Waals surface area contributed by atoms with Gasteiger partial charge in [0.2, 0.25) is 0 Å². The lowest BCUT2D eigenvalue weighted by atomic mass is 9.94. The Hall–Kier alpha value is -0.960. The third kappa shape index (κ3) is 5.27. The van der Waals surface area contributed by atoms with Crippen molar-refractivity contribution >= 4 is 15.9 Å². The topological polar surface area (TPSA) is 87.3 Å². The average molecular weight is 353 g/mol. The fourth-order valence-corrected chi connectivity index (χ4v) is 4.43. The molecule has 9 heteroatoms. The minimum Gasteiger partial charge on any atom is -0.338 e. The van der Waals surface area contributed by atoms with Gasteiger partial charge in [0.15, 0.2) is 0 Å². The van der Waals surface area contributed by atoms with Gasteiger partial charge in [-0.2, -0.15) is 0 Å².